The lowest BCUT2D eigenvalue weighted by molar-refractivity contribution is 0.100. The van der Waals surface area contributed by atoms with E-state index in [1.807, 2.05) is 0 Å². The van der Waals surface area contributed by atoms with Gasteiger partial charge >= 0.3 is 0 Å². The van der Waals surface area contributed by atoms with E-state index < -0.39 is 5.91 Å². The average molecular weight is 245 g/mol. The van der Waals surface area contributed by atoms with Crippen LogP contribution in [0.25, 0.3) is 0 Å². The molecule has 0 aromatic heterocycles. The average Bonchev–Trinajstić information content (AvgIpc) is 2.34. The van der Waals surface area contributed by atoms with Gasteiger partial charge in [0.15, 0.2) is 0 Å². The summed E-state index contributed by atoms with van der Waals surface area (Å²) in [7, 11) is 0. The number of nitrogens with one attached hydrogen (secondary N) is 1. The molecule has 5 N–H and O–H groups in total. The Labute approximate surface area is 103 Å². The molecule has 18 heavy (non-hydrogen) atoms. The molecule has 0 atom stereocenters. The minimum Gasteiger partial charge on any atom is -0.397 e. The fourth-order valence-electron chi connectivity index (χ4n) is 1.51. The lowest BCUT2D eigenvalue weighted by Crippen LogP contribution is -2.11. The first-order chi connectivity index (χ1) is 8.56. The van der Waals surface area contributed by atoms with E-state index in [4.69, 9.17) is 11.5 Å². The minimum atomic E-state index is -0.530. The number of hydrogen-bond acceptors (Lipinski definition) is 3. The molecule has 0 aliphatic rings. The molecule has 0 fully saturated rings. The van der Waals surface area contributed by atoms with Crippen LogP contribution in [0.3, 0.4) is 0 Å². The fourth-order valence-corrected chi connectivity index (χ4v) is 1.51. The summed E-state index contributed by atoms with van der Waals surface area (Å²) in [6, 6.07) is 10.5. The van der Waals surface area contributed by atoms with Gasteiger partial charge in [-0.15, -0.1) is 0 Å². The summed E-state index contributed by atoms with van der Waals surface area (Å²) < 4.78 is 12.8. The second-order valence-corrected chi connectivity index (χ2v) is 3.80. The first-order valence-corrected chi connectivity index (χ1v) is 5.28. The first kappa shape index (κ1) is 11.9. The predicted octanol–water partition coefficient (Wildman–Crippen LogP) is 2.25. The zero-order valence-electron chi connectivity index (χ0n) is 9.48. The Kier molecular flexibility index (Phi) is 3.14. The topological polar surface area (TPSA) is 81.1 Å². The van der Waals surface area contributed by atoms with Gasteiger partial charge in [0.05, 0.1) is 11.4 Å². The van der Waals surface area contributed by atoms with Crippen LogP contribution in [-0.2, 0) is 0 Å². The molecule has 92 valence electrons. The van der Waals surface area contributed by atoms with Crippen LogP contribution in [-0.4, -0.2) is 5.91 Å². The van der Waals surface area contributed by atoms with Crippen molar-refractivity contribution in [3.05, 3.63) is 53.8 Å². The highest BCUT2D eigenvalue weighted by atomic mass is 19.1. The van der Waals surface area contributed by atoms with Crippen LogP contribution in [0, 0.1) is 5.82 Å². The summed E-state index contributed by atoms with van der Waals surface area (Å²) in [5, 5.41) is 3.00. The summed E-state index contributed by atoms with van der Waals surface area (Å²) in [6.07, 6.45) is 0. The van der Waals surface area contributed by atoms with E-state index in [9.17, 15) is 9.18 Å². The Balaban J connectivity index is 2.30. The van der Waals surface area contributed by atoms with Gasteiger partial charge < -0.3 is 16.8 Å². The Morgan fingerprint density at radius 3 is 2.39 bits per heavy atom. The Bertz CT molecular complexity index is 581. The van der Waals surface area contributed by atoms with Crippen LogP contribution in [0.1, 0.15) is 10.4 Å². The lowest BCUT2D eigenvalue weighted by Gasteiger charge is -2.10. The molecule has 5 heteroatoms. The highest BCUT2D eigenvalue weighted by Gasteiger charge is 2.05. The molecule has 2 aromatic rings. The smallest absolute Gasteiger partial charge is 0.248 e. The summed E-state index contributed by atoms with van der Waals surface area (Å²) in [4.78, 5) is 11.1. The maximum atomic E-state index is 12.8. The maximum absolute atomic E-state index is 12.8. The van der Waals surface area contributed by atoms with Crippen molar-refractivity contribution in [3.8, 4) is 0 Å². The largest absolute Gasteiger partial charge is 0.397 e. The van der Waals surface area contributed by atoms with Crippen molar-refractivity contribution in [1.82, 2.24) is 0 Å². The maximum Gasteiger partial charge on any atom is 0.248 e. The minimum absolute atomic E-state index is 0.320. The Hall–Kier alpha value is -2.56. The van der Waals surface area contributed by atoms with Crippen LogP contribution in [0.4, 0.5) is 21.5 Å². The van der Waals surface area contributed by atoms with E-state index in [0.29, 0.717) is 22.6 Å². The van der Waals surface area contributed by atoms with Crippen molar-refractivity contribution in [2.45, 2.75) is 0 Å². The predicted molar refractivity (Wildman–Crippen MR) is 69.1 cm³/mol. The molecule has 0 aliphatic heterocycles. The number of nitrogens with two attached hydrogens (primary N) is 2. The highest BCUT2D eigenvalue weighted by molar-refractivity contribution is 5.95. The van der Waals surface area contributed by atoms with E-state index >= 15 is 0 Å². The van der Waals surface area contributed by atoms with Crippen molar-refractivity contribution in [3.63, 3.8) is 0 Å². The number of carbonyl (C=O) groups is 1. The van der Waals surface area contributed by atoms with Crippen LogP contribution < -0.4 is 16.8 Å². The van der Waals surface area contributed by atoms with E-state index in [2.05, 4.69) is 5.32 Å². The molecular weight excluding hydrogens is 233 g/mol. The van der Waals surface area contributed by atoms with Crippen molar-refractivity contribution in [1.29, 1.82) is 0 Å². The quantitative estimate of drug-likeness (QED) is 0.725. The molecule has 1 amide bonds. The molecule has 4 nitrogen and oxygen atoms in total. The molecule has 2 rings (SSSR count). The molecule has 0 saturated heterocycles. The molecule has 0 heterocycles. The molecule has 0 saturated carbocycles. The molecule has 0 spiro atoms. The van der Waals surface area contributed by atoms with Crippen molar-refractivity contribution < 1.29 is 9.18 Å². The zero-order chi connectivity index (χ0) is 13.1. The zero-order valence-corrected chi connectivity index (χ0v) is 9.48. The number of hydrogen-bond donors (Lipinski definition) is 3. The number of primary amides is 1. The van der Waals surface area contributed by atoms with E-state index in [0.717, 1.165) is 0 Å². The number of benzene rings is 2. The third-order valence-electron chi connectivity index (χ3n) is 2.46. The first-order valence-electron chi connectivity index (χ1n) is 5.28. The molecule has 0 aliphatic carbocycles. The number of amides is 1. The van der Waals surface area contributed by atoms with Gasteiger partial charge in [-0.2, -0.15) is 0 Å². The summed E-state index contributed by atoms with van der Waals surface area (Å²) in [6.45, 7) is 0. The standard InChI is InChI=1S/C13H12FN3O/c14-9-2-4-10(5-3-9)17-12-7-8(13(16)18)1-6-11(12)15/h1-7,17H,15H2,(H2,16,18). The number of carbonyl (C=O) groups excluding carboxylic acids is 1. The number of halogens is 1. The van der Waals surface area contributed by atoms with Gasteiger partial charge in [0.1, 0.15) is 5.82 Å². The lowest BCUT2D eigenvalue weighted by atomic mass is 10.1. The Morgan fingerprint density at radius 2 is 1.78 bits per heavy atom. The second kappa shape index (κ2) is 4.75. The van der Waals surface area contributed by atoms with Crippen molar-refractivity contribution >= 4 is 23.0 Å². The third-order valence-corrected chi connectivity index (χ3v) is 2.46. The summed E-state index contributed by atoms with van der Waals surface area (Å²) >= 11 is 0. The number of rotatable bonds is 3. The van der Waals surface area contributed by atoms with Crippen LogP contribution >= 0.6 is 0 Å². The molecule has 0 radical (unpaired) electrons. The van der Waals surface area contributed by atoms with E-state index in [-0.39, 0.29) is 5.82 Å². The van der Waals surface area contributed by atoms with Gasteiger partial charge in [0.2, 0.25) is 5.91 Å². The van der Waals surface area contributed by atoms with E-state index in [1.54, 1.807) is 30.3 Å². The molecule has 0 unspecified atom stereocenters. The van der Waals surface area contributed by atoms with Crippen LogP contribution in [0.15, 0.2) is 42.5 Å². The normalized spacial score (nSPS) is 10.1. The van der Waals surface area contributed by atoms with Gasteiger partial charge in [0.25, 0.3) is 0 Å². The third kappa shape index (κ3) is 2.57. The second-order valence-electron chi connectivity index (χ2n) is 3.80. The van der Waals surface area contributed by atoms with Crippen LogP contribution in [0.5, 0.6) is 0 Å². The van der Waals surface area contributed by atoms with Gasteiger partial charge in [-0.05, 0) is 42.5 Å². The van der Waals surface area contributed by atoms with Crippen molar-refractivity contribution in [2.75, 3.05) is 11.1 Å². The summed E-state index contributed by atoms with van der Waals surface area (Å²) in [5.74, 6) is -0.850. The van der Waals surface area contributed by atoms with Gasteiger partial charge in [0, 0.05) is 11.3 Å². The van der Waals surface area contributed by atoms with Crippen LogP contribution in [0.2, 0.25) is 0 Å². The SMILES string of the molecule is NC(=O)c1ccc(N)c(Nc2ccc(F)cc2)c1. The number of nitrogen functional groups attached to an aromatic ring is 1. The summed E-state index contributed by atoms with van der Waals surface area (Å²) in [5.41, 5.74) is 13.0. The monoisotopic (exact) mass is 245 g/mol. The number of anilines is 3. The fraction of sp³-hybridized carbons (Fsp3) is 0. The van der Waals surface area contributed by atoms with Gasteiger partial charge in [-0.1, -0.05) is 0 Å². The highest BCUT2D eigenvalue weighted by Crippen LogP contribution is 2.24. The Morgan fingerprint density at radius 1 is 1.11 bits per heavy atom. The molecular formula is C13H12FN3O. The molecule has 2 aromatic carbocycles. The van der Waals surface area contributed by atoms with Gasteiger partial charge in [-0.3, -0.25) is 4.79 Å². The van der Waals surface area contributed by atoms with Crippen molar-refractivity contribution in [2.24, 2.45) is 5.73 Å². The molecule has 0 bridgehead atoms. The van der Waals surface area contributed by atoms with E-state index in [1.165, 1.54) is 12.1 Å². The van der Waals surface area contributed by atoms with Gasteiger partial charge in [-0.25, -0.2) is 4.39 Å².